The first-order valence-corrected chi connectivity index (χ1v) is 10.6. The van der Waals surface area contributed by atoms with Crippen molar-refractivity contribution in [3.05, 3.63) is 56.5 Å². The highest BCUT2D eigenvalue weighted by Crippen LogP contribution is 2.33. The van der Waals surface area contributed by atoms with Crippen LogP contribution in [0.3, 0.4) is 0 Å². The fraction of sp³-hybridized carbons (Fsp3) is 0.300. The average Bonchev–Trinajstić information content (AvgIpc) is 2.73. The molecule has 1 saturated heterocycles. The number of halogens is 4. The van der Waals surface area contributed by atoms with Crippen molar-refractivity contribution in [1.82, 2.24) is 9.80 Å². The summed E-state index contributed by atoms with van der Waals surface area (Å²) in [5, 5.41) is 1.35. The number of benzene rings is 2. The van der Waals surface area contributed by atoms with E-state index in [1.165, 1.54) is 0 Å². The number of ether oxygens (including phenoxy) is 2. The van der Waals surface area contributed by atoms with Gasteiger partial charge in [-0.3, -0.25) is 9.59 Å². The van der Waals surface area contributed by atoms with Crippen LogP contribution in [0.25, 0.3) is 0 Å². The van der Waals surface area contributed by atoms with E-state index in [1.807, 2.05) is 0 Å². The molecule has 0 bridgehead atoms. The zero-order valence-corrected chi connectivity index (χ0v) is 18.8. The van der Waals surface area contributed by atoms with Gasteiger partial charge in [-0.15, -0.1) is 0 Å². The number of amides is 2. The molecule has 0 atom stereocenters. The number of carbonyl (C=O) groups is 2. The van der Waals surface area contributed by atoms with Crippen molar-refractivity contribution in [3.63, 3.8) is 0 Å². The lowest BCUT2D eigenvalue weighted by molar-refractivity contribution is -0.141. The largest absolute Gasteiger partial charge is 0.481 e. The van der Waals surface area contributed by atoms with E-state index >= 15 is 0 Å². The number of hydrogen-bond donors (Lipinski definition) is 0. The quantitative estimate of drug-likeness (QED) is 0.599. The number of para-hydroxylation sites is 2. The molecule has 2 amide bonds. The molecule has 0 aliphatic carbocycles. The van der Waals surface area contributed by atoms with Crippen molar-refractivity contribution in [2.75, 3.05) is 39.4 Å². The fourth-order valence-corrected chi connectivity index (χ4v) is 3.91. The molecule has 1 fully saturated rings. The Morgan fingerprint density at radius 3 is 1.27 bits per heavy atom. The van der Waals surface area contributed by atoms with Gasteiger partial charge in [-0.2, -0.15) is 0 Å². The van der Waals surface area contributed by atoms with Crippen LogP contribution in [0.1, 0.15) is 0 Å². The number of piperazine rings is 1. The minimum Gasteiger partial charge on any atom is -0.481 e. The highest BCUT2D eigenvalue weighted by molar-refractivity contribution is 6.37. The Morgan fingerprint density at radius 1 is 0.667 bits per heavy atom. The van der Waals surface area contributed by atoms with Gasteiger partial charge in [-0.25, -0.2) is 0 Å². The van der Waals surface area contributed by atoms with Crippen LogP contribution in [0.4, 0.5) is 0 Å². The summed E-state index contributed by atoms with van der Waals surface area (Å²) in [5.41, 5.74) is 0. The van der Waals surface area contributed by atoms with Gasteiger partial charge >= 0.3 is 0 Å². The molecule has 0 spiro atoms. The molecule has 30 heavy (non-hydrogen) atoms. The molecule has 2 aromatic carbocycles. The lowest BCUT2D eigenvalue weighted by Gasteiger charge is -2.34. The van der Waals surface area contributed by atoms with Crippen molar-refractivity contribution in [3.8, 4) is 11.5 Å². The molecular formula is C20H18Cl4N2O4. The molecule has 1 aliphatic heterocycles. The Labute approximate surface area is 194 Å². The van der Waals surface area contributed by atoms with E-state index < -0.39 is 0 Å². The molecule has 1 aliphatic rings. The average molecular weight is 492 g/mol. The smallest absolute Gasteiger partial charge is 0.260 e. The van der Waals surface area contributed by atoms with Crippen LogP contribution in [-0.4, -0.2) is 61.0 Å². The van der Waals surface area contributed by atoms with Gasteiger partial charge in [0.2, 0.25) is 0 Å². The summed E-state index contributed by atoms with van der Waals surface area (Å²) in [6.07, 6.45) is 0. The van der Waals surface area contributed by atoms with Crippen molar-refractivity contribution in [2.45, 2.75) is 0 Å². The second kappa shape index (κ2) is 10.4. The molecule has 10 heteroatoms. The first-order chi connectivity index (χ1) is 14.4. The summed E-state index contributed by atoms with van der Waals surface area (Å²) >= 11 is 24.2. The second-order valence-corrected chi connectivity index (χ2v) is 8.07. The standard InChI is InChI=1S/C20H18Cl4N2O4/c21-13-3-1-4-14(22)19(13)29-11-17(27)25-7-9-26(10-8-25)18(28)12-30-20-15(23)5-2-6-16(20)24/h1-6H,7-12H2. The van der Waals surface area contributed by atoms with E-state index in [1.54, 1.807) is 46.2 Å². The predicted octanol–water partition coefficient (Wildman–Crippen LogP) is 4.43. The molecule has 0 N–H and O–H groups in total. The number of rotatable bonds is 6. The van der Waals surface area contributed by atoms with Gasteiger partial charge in [0.1, 0.15) is 0 Å². The van der Waals surface area contributed by atoms with Crippen LogP contribution in [0.2, 0.25) is 20.1 Å². The SMILES string of the molecule is O=C(COc1c(Cl)cccc1Cl)N1CCN(C(=O)COc2c(Cl)cccc2Cl)CC1. The summed E-state index contributed by atoms with van der Waals surface area (Å²) in [4.78, 5) is 28.1. The Morgan fingerprint density at radius 2 is 0.967 bits per heavy atom. The molecule has 0 radical (unpaired) electrons. The van der Waals surface area contributed by atoms with E-state index in [9.17, 15) is 9.59 Å². The second-order valence-electron chi connectivity index (χ2n) is 6.44. The van der Waals surface area contributed by atoms with E-state index in [-0.39, 0.29) is 36.5 Å². The Hall–Kier alpha value is -1.86. The first-order valence-electron chi connectivity index (χ1n) is 9.06. The zero-order chi connectivity index (χ0) is 21.7. The van der Waals surface area contributed by atoms with E-state index in [2.05, 4.69) is 0 Å². The molecule has 2 aromatic rings. The van der Waals surface area contributed by atoms with Gasteiger partial charge in [0.25, 0.3) is 11.8 Å². The summed E-state index contributed by atoms with van der Waals surface area (Å²) in [5.74, 6) is 0.131. The number of nitrogens with zero attached hydrogens (tertiary/aromatic N) is 2. The summed E-state index contributed by atoms with van der Waals surface area (Å²) in [7, 11) is 0. The third-order valence-electron chi connectivity index (χ3n) is 4.50. The maximum atomic E-state index is 12.4. The van der Waals surface area contributed by atoms with E-state index in [0.29, 0.717) is 46.3 Å². The molecule has 0 unspecified atom stereocenters. The van der Waals surface area contributed by atoms with Crippen LogP contribution >= 0.6 is 46.4 Å². The van der Waals surface area contributed by atoms with Crippen molar-refractivity contribution >= 4 is 58.2 Å². The molecule has 0 saturated carbocycles. The van der Waals surface area contributed by atoms with E-state index in [4.69, 9.17) is 55.9 Å². The normalized spacial score (nSPS) is 13.9. The van der Waals surface area contributed by atoms with Crippen LogP contribution in [-0.2, 0) is 9.59 Å². The van der Waals surface area contributed by atoms with Crippen LogP contribution in [0.15, 0.2) is 36.4 Å². The molecule has 160 valence electrons. The highest BCUT2D eigenvalue weighted by atomic mass is 35.5. The van der Waals surface area contributed by atoms with Crippen LogP contribution in [0.5, 0.6) is 11.5 Å². The molecular weight excluding hydrogens is 474 g/mol. The minimum absolute atomic E-state index is 0.189. The van der Waals surface area contributed by atoms with Crippen molar-refractivity contribution in [2.24, 2.45) is 0 Å². The van der Waals surface area contributed by atoms with Crippen LogP contribution < -0.4 is 9.47 Å². The van der Waals surface area contributed by atoms with E-state index in [0.717, 1.165) is 0 Å². The highest BCUT2D eigenvalue weighted by Gasteiger charge is 2.25. The van der Waals surface area contributed by atoms with Gasteiger partial charge in [-0.05, 0) is 24.3 Å². The summed E-state index contributed by atoms with van der Waals surface area (Å²) < 4.78 is 11.0. The number of hydrogen-bond acceptors (Lipinski definition) is 4. The van der Waals surface area contributed by atoms with Crippen molar-refractivity contribution < 1.29 is 19.1 Å². The third-order valence-corrected chi connectivity index (χ3v) is 5.69. The monoisotopic (exact) mass is 490 g/mol. The first kappa shape index (κ1) is 22.8. The molecule has 6 nitrogen and oxygen atoms in total. The Kier molecular flexibility index (Phi) is 7.94. The topological polar surface area (TPSA) is 59.1 Å². The third kappa shape index (κ3) is 5.64. The summed E-state index contributed by atoms with van der Waals surface area (Å²) in [6.45, 7) is 1.17. The maximum absolute atomic E-state index is 12.4. The van der Waals surface area contributed by atoms with Gasteiger partial charge in [-0.1, -0.05) is 58.5 Å². The van der Waals surface area contributed by atoms with Crippen LogP contribution in [0, 0.1) is 0 Å². The zero-order valence-electron chi connectivity index (χ0n) is 15.7. The predicted molar refractivity (Wildman–Crippen MR) is 117 cm³/mol. The molecule has 0 aromatic heterocycles. The maximum Gasteiger partial charge on any atom is 0.260 e. The Balaban J connectivity index is 1.46. The lowest BCUT2D eigenvalue weighted by Crippen LogP contribution is -2.52. The molecule has 1 heterocycles. The Bertz CT molecular complexity index is 817. The van der Waals surface area contributed by atoms with Gasteiger partial charge in [0.15, 0.2) is 24.7 Å². The fourth-order valence-electron chi connectivity index (χ4n) is 2.90. The minimum atomic E-state index is -0.211. The molecule has 3 rings (SSSR count). The van der Waals surface area contributed by atoms with Gasteiger partial charge < -0.3 is 19.3 Å². The lowest BCUT2D eigenvalue weighted by atomic mass is 10.3. The summed E-state index contributed by atoms with van der Waals surface area (Å²) in [6, 6.07) is 9.92. The van der Waals surface area contributed by atoms with Crippen molar-refractivity contribution in [1.29, 1.82) is 0 Å². The van der Waals surface area contributed by atoms with Gasteiger partial charge in [0, 0.05) is 26.2 Å². The number of carbonyl (C=O) groups excluding carboxylic acids is 2. The van der Waals surface area contributed by atoms with Gasteiger partial charge in [0.05, 0.1) is 20.1 Å².